The SMILES string of the molecule is CC(C)CCN(CCC(C)C)S(=O)(=O)NCCC1CCCNC1.Cl. The lowest BCUT2D eigenvalue weighted by molar-refractivity contribution is 0.342. The molecule has 5 nitrogen and oxygen atoms in total. The maximum Gasteiger partial charge on any atom is 0.279 e. The highest BCUT2D eigenvalue weighted by molar-refractivity contribution is 7.87. The lowest BCUT2D eigenvalue weighted by Gasteiger charge is -2.26. The lowest BCUT2D eigenvalue weighted by atomic mass is 9.96. The third kappa shape index (κ3) is 10.2. The summed E-state index contributed by atoms with van der Waals surface area (Å²) < 4.78 is 29.7. The van der Waals surface area contributed by atoms with E-state index in [9.17, 15) is 8.42 Å². The molecule has 0 bridgehead atoms. The van der Waals surface area contributed by atoms with Crippen molar-refractivity contribution in [3.63, 3.8) is 0 Å². The number of piperidine rings is 1. The predicted molar refractivity (Wildman–Crippen MR) is 105 cm³/mol. The molecular formula is C17H38ClN3O2S. The number of rotatable bonds is 11. The highest BCUT2D eigenvalue weighted by Gasteiger charge is 2.22. The monoisotopic (exact) mass is 383 g/mol. The Morgan fingerprint density at radius 2 is 1.71 bits per heavy atom. The molecule has 1 atom stereocenters. The van der Waals surface area contributed by atoms with Crippen molar-refractivity contribution in [2.75, 3.05) is 32.7 Å². The van der Waals surface area contributed by atoms with E-state index in [0.29, 0.717) is 37.4 Å². The van der Waals surface area contributed by atoms with Gasteiger partial charge < -0.3 is 5.32 Å². The Bertz CT molecular complexity index is 398. The highest BCUT2D eigenvalue weighted by Crippen LogP contribution is 2.14. The van der Waals surface area contributed by atoms with Crippen LogP contribution in [0.25, 0.3) is 0 Å². The Labute approximate surface area is 155 Å². The topological polar surface area (TPSA) is 61.4 Å². The summed E-state index contributed by atoms with van der Waals surface area (Å²) in [6.45, 7) is 12.4. The molecular weight excluding hydrogens is 346 g/mol. The van der Waals surface area contributed by atoms with Gasteiger partial charge in [0.15, 0.2) is 0 Å². The second-order valence-electron chi connectivity index (χ2n) is 7.66. The average Bonchev–Trinajstić information content (AvgIpc) is 2.47. The van der Waals surface area contributed by atoms with Gasteiger partial charge in [-0.2, -0.15) is 12.7 Å². The molecule has 1 aliphatic heterocycles. The van der Waals surface area contributed by atoms with E-state index in [1.165, 1.54) is 12.8 Å². The smallest absolute Gasteiger partial charge is 0.279 e. The van der Waals surface area contributed by atoms with Gasteiger partial charge in [-0.15, -0.1) is 12.4 Å². The molecule has 7 heteroatoms. The van der Waals surface area contributed by atoms with E-state index < -0.39 is 10.2 Å². The molecule has 0 amide bonds. The van der Waals surface area contributed by atoms with Gasteiger partial charge in [0.2, 0.25) is 0 Å². The van der Waals surface area contributed by atoms with Gasteiger partial charge in [0.05, 0.1) is 0 Å². The molecule has 0 saturated carbocycles. The first-order valence-electron chi connectivity index (χ1n) is 9.26. The molecule has 0 radical (unpaired) electrons. The molecule has 0 aromatic heterocycles. The Hall–Kier alpha value is 0.120. The van der Waals surface area contributed by atoms with Crippen molar-refractivity contribution >= 4 is 22.6 Å². The summed E-state index contributed by atoms with van der Waals surface area (Å²) in [6, 6.07) is 0. The van der Waals surface area contributed by atoms with Crippen LogP contribution >= 0.6 is 12.4 Å². The minimum absolute atomic E-state index is 0. The Balaban J connectivity index is 0.00000529. The summed E-state index contributed by atoms with van der Waals surface area (Å²) in [5, 5.41) is 3.38. The second kappa shape index (κ2) is 12.5. The molecule has 0 spiro atoms. The van der Waals surface area contributed by atoms with Gasteiger partial charge in [0, 0.05) is 19.6 Å². The first kappa shape index (κ1) is 24.1. The van der Waals surface area contributed by atoms with Crippen molar-refractivity contribution in [3.05, 3.63) is 0 Å². The quantitative estimate of drug-likeness (QED) is 0.576. The first-order chi connectivity index (χ1) is 10.8. The van der Waals surface area contributed by atoms with Crippen molar-refractivity contribution in [2.45, 2.75) is 59.8 Å². The largest absolute Gasteiger partial charge is 0.316 e. The Kier molecular flexibility index (Phi) is 12.5. The molecule has 1 heterocycles. The summed E-state index contributed by atoms with van der Waals surface area (Å²) in [4.78, 5) is 0. The Morgan fingerprint density at radius 1 is 1.12 bits per heavy atom. The van der Waals surface area contributed by atoms with Gasteiger partial charge in [-0.25, -0.2) is 4.72 Å². The van der Waals surface area contributed by atoms with E-state index in [1.54, 1.807) is 4.31 Å². The van der Waals surface area contributed by atoms with E-state index in [2.05, 4.69) is 37.7 Å². The van der Waals surface area contributed by atoms with Crippen LogP contribution in [0, 0.1) is 17.8 Å². The highest BCUT2D eigenvalue weighted by atomic mass is 35.5. The molecule has 1 aliphatic rings. The molecule has 0 aliphatic carbocycles. The molecule has 1 fully saturated rings. The molecule has 24 heavy (non-hydrogen) atoms. The summed E-state index contributed by atoms with van der Waals surface area (Å²) in [7, 11) is -3.35. The number of hydrogen-bond acceptors (Lipinski definition) is 3. The maximum absolute atomic E-state index is 12.6. The summed E-state index contributed by atoms with van der Waals surface area (Å²) in [5.74, 6) is 1.63. The number of hydrogen-bond donors (Lipinski definition) is 2. The molecule has 1 saturated heterocycles. The number of nitrogens with one attached hydrogen (secondary N) is 2. The van der Waals surface area contributed by atoms with Gasteiger partial charge in [0.1, 0.15) is 0 Å². The van der Waals surface area contributed by atoms with Gasteiger partial charge in [-0.05, 0) is 62.9 Å². The zero-order valence-electron chi connectivity index (χ0n) is 15.9. The van der Waals surface area contributed by atoms with Gasteiger partial charge >= 0.3 is 0 Å². The van der Waals surface area contributed by atoms with Crippen molar-refractivity contribution in [1.29, 1.82) is 0 Å². The van der Waals surface area contributed by atoms with Gasteiger partial charge in [-0.3, -0.25) is 0 Å². The van der Waals surface area contributed by atoms with Crippen molar-refractivity contribution in [1.82, 2.24) is 14.3 Å². The standard InChI is InChI=1S/C17H37N3O2S.ClH/c1-15(2)8-12-20(13-9-16(3)4)23(21,22)19-11-7-17-6-5-10-18-14-17;/h15-19H,5-14H2,1-4H3;1H. The first-order valence-corrected chi connectivity index (χ1v) is 10.7. The van der Waals surface area contributed by atoms with Crippen LogP contribution in [0.15, 0.2) is 0 Å². The van der Waals surface area contributed by atoms with Crippen LogP contribution in [0.1, 0.15) is 59.8 Å². The molecule has 0 aromatic rings. The van der Waals surface area contributed by atoms with Crippen molar-refractivity contribution in [3.8, 4) is 0 Å². The summed E-state index contributed by atoms with van der Waals surface area (Å²) in [5.41, 5.74) is 0. The summed E-state index contributed by atoms with van der Waals surface area (Å²) >= 11 is 0. The third-order valence-electron chi connectivity index (χ3n) is 4.49. The minimum atomic E-state index is -3.35. The predicted octanol–water partition coefficient (Wildman–Crippen LogP) is 3.03. The van der Waals surface area contributed by atoms with Crippen LogP contribution < -0.4 is 10.0 Å². The van der Waals surface area contributed by atoms with E-state index in [4.69, 9.17) is 0 Å². The van der Waals surface area contributed by atoms with Crippen LogP contribution in [-0.2, 0) is 10.2 Å². The molecule has 2 N–H and O–H groups in total. The third-order valence-corrected chi connectivity index (χ3v) is 6.10. The number of halogens is 1. The zero-order valence-corrected chi connectivity index (χ0v) is 17.5. The van der Waals surface area contributed by atoms with Crippen LogP contribution in [0.4, 0.5) is 0 Å². The van der Waals surface area contributed by atoms with Crippen LogP contribution in [0.3, 0.4) is 0 Å². The molecule has 0 aromatic carbocycles. The van der Waals surface area contributed by atoms with Crippen LogP contribution in [0.5, 0.6) is 0 Å². The Morgan fingerprint density at radius 3 is 2.17 bits per heavy atom. The van der Waals surface area contributed by atoms with E-state index in [-0.39, 0.29) is 12.4 Å². The van der Waals surface area contributed by atoms with E-state index in [1.807, 2.05) is 0 Å². The van der Waals surface area contributed by atoms with Crippen molar-refractivity contribution in [2.24, 2.45) is 17.8 Å². The second-order valence-corrected chi connectivity index (χ2v) is 9.42. The van der Waals surface area contributed by atoms with E-state index >= 15 is 0 Å². The average molecular weight is 384 g/mol. The van der Waals surface area contributed by atoms with Crippen LogP contribution in [-0.4, -0.2) is 45.4 Å². The van der Waals surface area contributed by atoms with Gasteiger partial charge in [-0.1, -0.05) is 27.7 Å². The summed E-state index contributed by atoms with van der Waals surface area (Å²) in [6.07, 6.45) is 5.15. The fourth-order valence-electron chi connectivity index (χ4n) is 2.81. The lowest BCUT2D eigenvalue weighted by Crippen LogP contribution is -2.43. The maximum atomic E-state index is 12.6. The molecule has 1 unspecified atom stereocenters. The number of nitrogens with zero attached hydrogens (tertiary/aromatic N) is 1. The molecule has 1 rings (SSSR count). The fraction of sp³-hybridized carbons (Fsp3) is 1.00. The zero-order chi connectivity index (χ0) is 17.3. The fourth-order valence-corrected chi connectivity index (χ4v) is 4.06. The van der Waals surface area contributed by atoms with E-state index in [0.717, 1.165) is 32.4 Å². The molecule has 146 valence electrons. The van der Waals surface area contributed by atoms with Gasteiger partial charge in [0.25, 0.3) is 10.2 Å². The normalized spacial score (nSPS) is 19.0. The van der Waals surface area contributed by atoms with Crippen LogP contribution in [0.2, 0.25) is 0 Å². The van der Waals surface area contributed by atoms with Crippen molar-refractivity contribution < 1.29 is 8.42 Å². The minimum Gasteiger partial charge on any atom is -0.316 e.